The Labute approximate surface area is 152 Å². The molecule has 0 fully saturated rings. The van der Waals surface area contributed by atoms with Gasteiger partial charge in [-0.15, -0.1) is 0 Å². The van der Waals surface area contributed by atoms with E-state index in [9.17, 15) is 0 Å². The van der Waals surface area contributed by atoms with Crippen molar-refractivity contribution < 1.29 is 4.74 Å². The SMILES string of the molecule is CC(C)Oc1ccc(Nc2ccnc(Nc3ccc(Cl)cc3)n2)cc1. The van der Waals surface area contributed by atoms with Crippen LogP contribution < -0.4 is 15.4 Å². The molecule has 0 aliphatic rings. The predicted octanol–water partition coefficient (Wildman–Crippen LogP) is 5.40. The van der Waals surface area contributed by atoms with E-state index in [1.165, 1.54) is 0 Å². The summed E-state index contributed by atoms with van der Waals surface area (Å²) in [5.41, 5.74) is 1.80. The van der Waals surface area contributed by atoms with Gasteiger partial charge < -0.3 is 15.4 Å². The van der Waals surface area contributed by atoms with Crippen molar-refractivity contribution in [2.45, 2.75) is 20.0 Å². The molecule has 128 valence electrons. The van der Waals surface area contributed by atoms with Crippen LogP contribution in [-0.4, -0.2) is 16.1 Å². The third kappa shape index (κ3) is 5.09. The number of nitrogens with one attached hydrogen (secondary N) is 2. The maximum absolute atomic E-state index is 5.89. The summed E-state index contributed by atoms with van der Waals surface area (Å²) in [6.45, 7) is 4.00. The summed E-state index contributed by atoms with van der Waals surface area (Å²) in [5.74, 6) is 2.05. The summed E-state index contributed by atoms with van der Waals surface area (Å²) < 4.78 is 5.64. The first-order valence-corrected chi connectivity index (χ1v) is 8.36. The molecule has 25 heavy (non-hydrogen) atoms. The third-order valence-electron chi connectivity index (χ3n) is 3.25. The lowest BCUT2D eigenvalue weighted by Crippen LogP contribution is -2.05. The highest BCUT2D eigenvalue weighted by molar-refractivity contribution is 6.30. The van der Waals surface area contributed by atoms with Crippen LogP contribution in [-0.2, 0) is 0 Å². The summed E-state index contributed by atoms with van der Waals surface area (Å²) in [4.78, 5) is 8.69. The maximum Gasteiger partial charge on any atom is 0.229 e. The van der Waals surface area contributed by atoms with Crippen molar-refractivity contribution in [3.63, 3.8) is 0 Å². The van der Waals surface area contributed by atoms with Crippen LogP contribution in [0.3, 0.4) is 0 Å². The monoisotopic (exact) mass is 354 g/mol. The molecule has 3 rings (SSSR count). The van der Waals surface area contributed by atoms with Crippen LogP contribution in [0.4, 0.5) is 23.1 Å². The molecule has 6 heteroatoms. The van der Waals surface area contributed by atoms with Gasteiger partial charge in [0.1, 0.15) is 11.6 Å². The Morgan fingerprint density at radius 3 is 2.20 bits per heavy atom. The van der Waals surface area contributed by atoms with Crippen LogP contribution in [0, 0.1) is 0 Å². The zero-order valence-electron chi connectivity index (χ0n) is 14.0. The molecule has 0 aliphatic carbocycles. The van der Waals surface area contributed by atoms with Crippen molar-refractivity contribution in [3.8, 4) is 5.75 Å². The first-order chi connectivity index (χ1) is 12.1. The second-order valence-corrected chi connectivity index (χ2v) is 6.15. The average Bonchev–Trinajstić information content (AvgIpc) is 2.59. The molecule has 1 heterocycles. The second kappa shape index (κ2) is 7.85. The fourth-order valence-corrected chi connectivity index (χ4v) is 2.31. The summed E-state index contributed by atoms with van der Waals surface area (Å²) in [5, 5.41) is 7.09. The molecule has 0 aliphatic heterocycles. The van der Waals surface area contributed by atoms with Crippen molar-refractivity contribution >= 4 is 34.7 Å². The summed E-state index contributed by atoms with van der Waals surface area (Å²) in [6.07, 6.45) is 1.85. The Kier molecular flexibility index (Phi) is 5.36. The largest absolute Gasteiger partial charge is 0.491 e. The normalized spacial score (nSPS) is 10.6. The lowest BCUT2D eigenvalue weighted by molar-refractivity contribution is 0.242. The van der Waals surface area contributed by atoms with E-state index in [1.54, 1.807) is 6.20 Å². The van der Waals surface area contributed by atoms with Crippen molar-refractivity contribution in [3.05, 3.63) is 65.8 Å². The van der Waals surface area contributed by atoms with Crippen LogP contribution in [0.2, 0.25) is 5.02 Å². The summed E-state index contributed by atoms with van der Waals surface area (Å²) in [6, 6.07) is 16.9. The molecule has 2 aromatic carbocycles. The Hall–Kier alpha value is -2.79. The van der Waals surface area contributed by atoms with Crippen LogP contribution in [0.15, 0.2) is 60.8 Å². The van der Waals surface area contributed by atoms with E-state index >= 15 is 0 Å². The molecule has 5 nitrogen and oxygen atoms in total. The van der Waals surface area contributed by atoms with Gasteiger partial charge in [0.25, 0.3) is 0 Å². The minimum atomic E-state index is 0.155. The number of benzene rings is 2. The topological polar surface area (TPSA) is 59.1 Å². The van der Waals surface area contributed by atoms with Gasteiger partial charge in [-0.1, -0.05) is 11.6 Å². The first kappa shape index (κ1) is 17.0. The van der Waals surface area contributed by atoms with Gasteiger partial charge in [-0.2, -0.15) is 4.98 Å². The molecular formula is C19H19ClN4O. The van der Waals surface area contributed by atoms with Crippen molar-refractivity contribution in [1.82, 2.24) is 9.97 Å². The van der Waals surface area contributed by atoms with Crippen LogP contribution in [0.5, 0.6) is 5.75 Å². The first-order valence-electron chi connectivity index (χ1n) is 7.98. The smallest absolute Gasteiger partial charge is 0.229 e. The third-order valence-corrected chi connectivity index (χ3v) is 3.51. The highest BCUT2D eigenvalue weighted by Gasteiger charge is 2.02. The van der Waals surface area contributed by atoms with Gasteiger partial charge in [-0.25, -0.2) is 4.98 Å². The highest BCUT2D eigenvalue weighted by atomic mass is 35.5. The molecule has 1 aromatic heterocycles. The molecule has 0 atom stereocenters. The Morgan fingerprint density at radius 2 is 1.52 bits per heavy atom. The number of aromatic nitrogens is 2. The number of rotatable bonds is 6. The number of hydrogen-bond acceptors (Lipinski definition) is 5. The number of hydrogen-bond donors (Lipinski definition) is 2. The van der Waals surface area contributed by atoms with Gasteiger partial charge in [0.05, 0.1) is 6.10 Å². The fourth-order valence-electron chi connectivity index (χ4n) is 2.19. The number of anilines is 4. The lowest BCUT2D eigenvalue weighted by Gasteiger charge is -2.11. The van der Waals surface area contributed by atoms with Gasteiger partial charge >= 0.3 is 0 Å². The second-order valence-electron chi connectivity index (χ2n) is 5.71. The van der Waals surface area contributed by atoms with E-state index in [2.05, 4.69) is 20.6 Å². The zero-order valence-corrected chi connectivity index (χ0v) is 14.8. The summed E-state index contributed by atoms with van der Waals surface area (Å²) >= 11 is 5.89. The number of nitrogens with zero attached hydrogens (tertiary/aromatic N) is 2. The fraction of sp³-hybridized carbons (Fsp3) is 0.158. The van der Waals surface area contributed by atoms with E-state index in [4.69, 9.17) is 16.3 Å². The van der Waals surface area contributed by atoms with Crippen LogP contribution in [0.25, 0.3) is 0 Å². The average molecular weight is 355 g/mol. The molecule has 0 saturated heterocycles. The lowest BCUT2D eigenvalue weighted by atomic mass is 10.3. The van der Waals surface area contributed by atoms with E-state index in [-0.39, 0.29) is 6.10 Å². The molecule has 0 unspecified atom stereocenters. The molecule has 0 amide bonds. The van der Waals surface area contributed by atoms with Gasteiger partial charge in [0.2, 0.25) is 5.95 Å². The van der Waals surface area contributed by atoms with Gasteiger partial charge in [-0.05, 0) is 68.4 Å². The molecule has 3 aromatic rings. The standard InChI is InChI=1S/C19H19ClN4O/c1-13(2)25-17-9-7-15(8-10-17)22-18-11-12-21-19(24-18)23-16-5-3-14(20)4-6-16/h3-13H,1-2H3,(H2,21,22,23,24). The van der Waals surface area contributed by atoms with Gasteiger partial charge in [0.15, 0.2) is 0 Å². The number of ether oxygens (including phenoxy) is 1. The quantitative estimate of drug-likeness (QED) is 0.620. The summed E-state index contributed by atoms with van der Waals surface area (Å²) in [7, 11) is 0. The maximum atomic E-state index is 5.89. The predicted molar refractivity (Wildman–Crippen MR) is 102 cm³/mol. The molecule has 0 bridgehead atoms. The van der Waals surface area contributed by atoms with E-state index in [0.29, 0.717) is 16.8 Å². The molecular weight excluding hydrogens is 336 g/mol. The molecule has 0 radical (unpaired) electrons. The van der Waals surface area contributed by atoms with E-state index in [0.717, 1.165) is 17.1 Å². The Balaban J connectivity index is 1.68. The van der Waals surface area contributed by atoms with Gasteiger partial charge in [0, 0.05) is 22.6 Å². The minimum absolute atomic E-state index is 0.155. The van der Waals surface area contributed by atoms with E-state index in [1.807, 2.05) is 68.4 Å². The van der Waals surface area contributed by atoms with Crippen LogP contribution in [0.1, 0.15) is 13.8 Å². The Morgan fingerprint density at radius 1 is 0.880 bits per heavy atom. The highest BCUT2D eigenvalue weighted by Crippen LogP contribution is 2.21. The molecule has 0 saturated carbocycles. The van der Waals surface area contributed by atoms with Crippen molar-refractivity contribution in [1.29, 1.82) is 0 Å². The van der Waals surface area contributed by atoms with Crippen LogP contribution >= 0.6 is 11.6 Å². The van der Waals surface area contributed by atoms with E-state index < -0.39 is 0 Å². The van der Waals surface area contributed by atoms with Gasteiger partial charge in [-0.3, -0.25) is 0 Å². The van der Waals surface area contributed by atoms with Crippen molar-refractivity contribution in [2.24, 2.45) is 0 Å². The molecule has 2 N–H and O–H groups in total. The van der Waals surface area contributed by atoms with Crippen molar-refractivity contribution in [2.75, 3.05) is 10.6 Å². The number of halogens is 1. The Bertz CT molecular complexity index is 820. The minimum Gasteiger partial charge on any atom is -0.491 e. The zero-order chi connectivity index (χ0) is 17.6. The molecule has 0 spiro atoms.